The van der Waals surface area contributed by atoms with Gasteiger partial charge in [0.25, 0.3) is 0 Å². The lowest BCUT2D eigenvalue weighted by atomic mass is 9.94. The van der Waals surface area contributed by atoms with Crippen molar-refractivity contribution in [3.63, 3.8) is 0 Å². The van der Waals surface area contributed by atoms with E-state index in [0.717, 1.165) is 30.5 Å². The van der Waals surface area contributed by atoms with Gasteiger partial charge in [-0.2, -0.15) is 0 Å². The van der Waals surface area contributed by atoms with Crippen molar-refractivity contribution in [2.45, 2.75) is 32.7 Å². The second-order valence-corrected chi connectivity index (χ2v) is 4.37. The average Bonchev–Trinajstić information content (AvgIpc) is 2.39. The molecule has 4 nitrogen and oxygen atoms in total. The highest BCUT2D eigenvalue weighted by molar-refractivity contribution is 5.43. The van der Waals surface area contributed by atoms with Crippen molar-refractivity contribution >= 4 is 5.82 Å². The number of aromatic nitrogens is 2. The summed E-state index contributed by atoms with van der Waals surface area (Å²) >= 11 is 0. The Morgan fingerprint density at radius 1 is 1.31 bits per heavy atom. The van der Waals surface area contributed by atoms with Crippen LogP contribution in [0, 0.1) is 5.92 Å². The van der Waals surface area contributed by atoms with E-state index in [4.69, 9.17) is 5.73 Å². The fourth-order valence-corrected chi connectivity index (χ4v) is 2.32. The Balaban J connectivity index is 2.07. The molecular formula is C12H20N4. The number of anilines is 1. The molecule has 1 aromatic rings. The molecule has 0 bridgehead atoms. The zero-order chi connectivity index (χ0) is 11.4. The minimum absolute atomic E-state index is 0.469. The molecule has 0 aliphatic carbocycles. The van der Waals surface area contributed by atoms with Crippen LogP contribution in [0.15, 0.2) is 12.4 Å². The molecule has 4 heteroatoms. The van der Waals surface area contributed by atoms with Crippen LogP contribution in [-0.4, -0.2) is 23.1 Å². The molecule has 1 aliphatic rings. The monoisotopic (exact) mass is 220 g/mol. The van der Waals surface area contributed by atoms with Crippen LogP contribution in [-0.2, 0) is 6.54 Å². The quantitative estimate of drug-likeness (QED) is 0.840. The first kappa shape index (κ1) is 11.3. The fraction of sp³-hybridized carbons (Fsp3) is 0.667. The molecule has 2 N–H and O–H groups in total. The topological polar surface area (TPSA) is 55.0 Å². The Kier molecular flexibility index (Phi) is 3.72. The van der Waals surface area contributed by atoms with Crippen LogP contribution in [0.25, 0.3) is 0 Å². The first-order valence-corrected chi connectivity index (χ1v) is 6.10. The molecule has 0 atom stereocenters. The number of rotatable bonds is 3. The van der Waals surface area contributed by atoms with Gasteiger partial charge in [-0.05, 0) is 18.8 Å². The Labute approximate surface area is 96.9 Å². The van der Waals surface area contributed by atoms with Gasteiger partial charge in [-0.25, -0.2) is 4.98 Å². The van der Waals surface area contributed by atoms with Gasteiger partial charge in [0.2, 0.25) is 0 Å². The smallest absolute Gasteiger partial charge is 0.151 e. The summed E-state index contributed by atoms with van der Waals surface area (Å²) in [6.07, 6.45) is 7.27. The Bertz CT molecular complexity index is 332. The van der Waals surface area contributed by atoms with Gasteiger partial charge in [0.1, 0.15) is 0 Å². The lowest BCUT2D eigenvalue weighted by Gasteiger charge is -2.32. The normalized spacial score (nSPS) is 17.8. The first-order chi connectivity index (χ1) is 7.85. The van der Waals surface area contributed by atoms with Gasteiger partial charge in [0, 0.05) is 32.0 Å². The second kappa shape index (κ2) is 5.25. The van der Waals surface area contributed by atoms with E-state index in [0.29, 0.717) is 6.54 Å². The van der Waals surface area contributed by atoms with Gasteiger partial charge >= 0.3 is 0 Å². The van der Waals surface area contributed by atoms with Crippen LogP contribution < -0.4 is 10.6 Å². The SMILES string of the molecule is CCC1CCN(c2nccnc2CN)CC1. The molecule has 1 fully saturated rings. The van der Waals surface area contributed by atoms with E-state index in [1.807, 2.05) is 0 Å². The molecule has 0 spiro atoms. The molecule has 16 heavy (non-hydrogen) atoms. The molecule has 1 aromatic heterocycles. The van der Waals surface area contributed by atoms with E-state index >= 15 is 0 Å². The molecule has 1 aliphatic heterocycles. The van der Waals surface area contributed by atoms with Crippen molar-refractivity contribution in [1.29, 1.82) is 0 Å². The highest BCUT2D eigenvalue weighted by Gasteiger charge is 2.20. The van der Waals surface area contributed by atoms with Crippen molar-refractivity contribution in [3.8, 4) is 0 Å². The zero-order valence-electron chi connectivity index (χ0n) is 9.89. The molecule has 0 unspecified atom stereocenters. The van der Waals surface area contributed by atoms with E-state index in [9.17, 15) is 0 Å². The molecule has 2 rings (SSSR count). The minimum Gasteiger partial charge on any atom is -0.355 e. The lowest BCUT2D eigenvalue weighted by molar-refractivity contribution is 0.393. The number of piperidine rings is 1. The van der Waals surface area contributed by atoms with Crippen LogP contribution in [0.4, 0.5) is 5.82 Å². The van der Waals surface area contributed by atoms with Gasteiger partial charge in [-0.3, -0.25) is 4.98 Å². The van der Waals surface area contributed by atoms with Gasteiger partial charge in [0.15, 0.2) is 5.82 Å². The molecule has 88 valence electrons. The zero-order valence-corrected chi connectivity index (χ0v) is 9.89. The highest BCUT2D eigenvalue weighted by atomic mass is 15.2. The molecular weight excluding hydrogens is 200 g/mol. The van der Waals surface area contributed by atoms with Crippen molar-refractivity contribution < 1.29 is 0 Å². The summed E-state index contributed by atoms with van der Waals surface area (Å²) in [5.41, 5.74) is 6.60. The Hall–Kier alpha value is -1.16. The molecule has 0 saturated carbocycles. The molecule has 0 amide bonds. The molecule has 0 radical (unpaired) electrons. The van der Waals surface area contributed by atoms with Crippen molar-refractivity contribution in [2.75, 3.05) is 18.0 Å². The van der Waals surface area contributed by atoms with Gasteiger partial charge in [-0.1, -0.05) is 13.3 Å². The molecule has 0 aromatic carbocycles. The molecule has 1 saturated heterocycles. The Morgan fingerprint density at radius 3 is 2.62 bits per heavy atom. The number of hydrogen-bond donors (Lipinski definition) is 1. The second-order valence-electron chi connectivity index (χ2n) is 4.37. The van der Waals surface area contributed by atoms with E-state index in [1.54, 1.807) is 12.4 Å². The Morgan fingerprint density at radius 2 is 2.00 bits per heavy atom. The third-order valence-corrected chi connectivity index (χ3v) is 3.44. The van der Waals surface area contributed by atoms with Gasteiger partial charge in [-0.15, -0.1) is 0 Å². The standard InChI is InChI=1S/C12H20N4/c1-2-10-3-7-16(8-4-10)12-11(9-13)14-5-6-15-12/h5-6,10H,2-4,7-9,13H2,1H3. The summed E-state index contributed by atoms with van der Waals surface area (Å²) in [4.78, 5) is 11.0. The van der Waals surface area contributed by atoms with Crippen molar-refractivity contribution in [2.24, 2.45) is 11.7 Å². The van der Waals surface area contributed by atoms with Gasteiger partial charge < -0.3 is 10.6 Å². The van der Waals surface area contributed by atoms with Crippen molar-refractivity contribution in [3.05, 3.63) is 18.1 Å². The summed E-state index contributed by atoms with van der Waals surface area (Å²) in [5.74, 6) is 1.87. The average molecular weight is 220 g/mol. The molecule has 2 heterocycles. The maximum atomic E-state index is 5.68. The minimum atomic E-state index is 0.469. The summed E-state index contributed by atoms with van der Waals surface area (Å²) in [5, 5.41) is 0. The van der Waals surface area contributed by atoms with Crippen LogP contribution >= 0.6 is 0 Å². The summed E-state index contributed by atoms with van der Waals surface area (Å²) in [6.45, 7) is 4.92. The first-order valence-electron chi connectivity index (χ1n) is 6.10. The number of hydrogen-bond acceptors (Lipinski definition) is 4. The predicted octanol–water partition coefficient (Wildman–Crippen LogP) is 1.56. The third kappa shape index (κ3) is 2.32. The third-order valence-electron chi connectivity index (χ3n) is 3.44. The summed E-state index contributed by atoms with van der Waals surface area (Å²) in [7, 11) is 0. The highest BCUT2D eigenvalue weighted by Crippen LogP contribution is 2.24. The van der Waals surface area contributed by atoms with Crippen LogP contribution in [0.3, 0.4) is 0 Å². The maximum Gasteiger partial charge on any atom is 0.151 e. The van der Waals surface area contributed by atoms with Crippen LogP contribution in [0.1, 0.15) is 31.9 Å². The van der Waals surface area contributed by atoms with Crippen LogP contribution in [0.5, 0.6) is 0 Å². The maximum absolute atomic E-state index is 5.68. The van der Waals surface area contributed by atoms with E-state index in [2.05, 4.69) is 21.8 Å². The number of nitrogens with two attached hydrogens (primary N) is 1. The van der Waals surface area contributed by atoms with Gasteiger partial charge in [0.05, 0.1) is 5.69 Å². The fourth-order valence-electron chi connectivity index (χ4n) is 2.32. The summed E-state index contributed by atoms with van der Waals surface area (Å²) in [6, 6.07) is 0. The number of nitrogens with zero attached hydrogens (tertiary/aromatic N) is 3. The largest absolute Gasteiger partial charge is 0.355 e. The predicted molar refractivity (Wildman–Crippen MR) is 65.2 cm³/mol. The summed E-state index contributed by atoms with van der Waals surface area (Å²) < 4.78 is 0. The lowest BCUT2D eigenvalue weighted by Crippen LogP contribution is -2.35. The van der Waals surface area contributed by atoms with Crippen molar-refractivity contribution in [1.82, 2.24) is 9.97 Å². The van der Waals surface area contributed by atoms with E-state index < -0.39 is 0 Å². The van der Waals surface area contributed by atoms with E-state index in [-0.39, 0.29) is 0 Å². The van der Waals surface area contributed by atoms with Crippen LogP contribution in [0.2, 0.25) is 0 Å². The van der Waals surface area contributed by atoms with E-state index in [1.165, 1.54) is 19.3 Å².